The molecule has 0 fully saturated rings. The largest absolute Gasteiger partial charge is 0.462 e. The molecule has 0 saturated carbocycles. The summed E-state index contributed by atoms with van der Waals surface area (Å²) in [5.41, 5.74) is -4.20. The van der Waals surface area contributed by atoms with Crippen LogP contribution in [0.2, 0.25) is 0 Å². The Balaban J connectivity index is 3.13. The molecule has 0 unspecified atom stereocenters. The van der Waals surface area contributed by atoms with Gasteiger partial charge in [0.25, 0.3) is 0 Å². The lowest BCUT2D eigenvalue weighted by atomic mass is 10.0. The summed E-state index contributed by atoms with van der Waals surface area (Å²) in [7, 11) is 0. The summed E-state index contributed by atoms with van der Waals surface area (Å²) in [6, 6.07) is 3.55. The van der Waals surface area contributed by atoms with Crippen LogP contribution in [-0.2, 0) is 16.0 Å². The number of hydrogen-bond acceptors (Lipinski definition) is 4. The summed E-state index contributed by atoms with van der Waals surface area (Å²) in [5, 5.41) is 0. The lowest BCUT2D eigenvalue weighted by molar-refractivity contribution is -0.116. The van der Waals surface area contributed by atoms with E-state index in [1.807, 2.05) is 0 Å². The van der Waals surface area contributed by atoms with Crippen LogP contribution in [0.4, 0.5) is 13.2 Å². The highest BCUT2D eigenvalue weighted by molar-refractivity contribution is 8.00. The Bertz CT molecular complexity index is 532. The first-order valence-corrected chi connectivity index (χ1v) is 7.25. The Morgan fingerprint density at radius 3 is 2.52 bits per heavy atom. The Hall–Kier alpha value is -1.21. The molecule has 0 aliphatic rings. The second-order valence-corrected chi connectivity index (χ2v) is 5.34. The van der Waals surface area contributed by atoms with Crippen LogP contribution in [0.25, 0.3) is 0 Å². The van der Waals surface area contributed by atoms with Gasteiger partial charge in [-0.25, -0.2) is 4.79 Å². The van der Waals surface area contributed by atoms with E-state index < -0.39 is 17.3 Å². The number of hydrogen-bond donors (Lipinski definition) is 0. The number of ketones is 1. The highest BCUT2D eigenvalue weighted by atomic mass is 35.5. The number of esters is 1. The summed E-state index contributed by atoms with van der Waals surface area (Å²) in [5.74, 6) is -1.35. The first-order chi connectivity index (χ1) is 9.76. The molecule has 0 saturated heterocycles. The Morgan fingerprint density at radius 2 is 2.00 bits per heavy atom. The molecular weight excluding hydrogens is 329 g/mol. The lowest BCUT2D eigenvalue weighted by Gasteiger charge is -2.11. The molecule has 3 nitrogen and oxygen atoms in total. The smallest absolute Gasteiger partial charge is 0.446 e. The molecule has 0 bridgehead atoms. The van der Waals surface area contributed by atoms with Gasteiger partial charge in [-0.1, -0.05) is 0 Å². The summed E-state index contributed by atoms with van der Waals surface area (Å²) in [4.78, 5) is 23.0. The van der Waals surface area contributed by atoms with Crippen molar-refractivity contribution in [3.8, 4) is 0 Å². The average Bonchev–Trinajstić information content (AvgIpc) is 2.37. The number of thioether (sulfide) groups is 1. The standard InChI is InChI=1S/C13H12ClF3O3S/c1-2-20-12(19)11-4-3-10(21-13(15,16)17)6-8(11)5-9(18)7-14/h3-4,6H,2,5,7H2,1H3. The van der Waals surface area contributed by atoms with Gasteiger partial charge in [0, 0.05) is 11.3 Å². The molecule has 0 amide bonds. The topological polar surface area (TPSA) is 43.4 Å². The second kappa shape index (κ2) is 7.70. The van der Waals surface area contributed by atoms with Crippen LogP contribution in [0, 0.1) is 0 Å². The van der Waals surface area contributed by atoms with Gasteiger partial charge in [-0.05, 0) is 42.4 Å². The van der Waals surface area contributed by atoms with E-state index in [4.69, 9.17) is 16.3 Å². The molecule has 0 aromatic heterocycles. The van der Waals surface area contributed by atoms with E-state index in [1.54, 1.807) is 6.92 Å². The molecule has 0 heterocycles. The normalized spacial score (nSPS) is 11.3. The van der Waals surface area contributed by atoms with Crippen LogP contribution < -0.4 is 0 Å². The van der Waals surface area contributed by atoms with Gasteiger partial charge in [-0.3, -0.25) is 4.79 Å². The first-order valence-electron chi connectivity index (χ1n) is 5.90. The number of rotatable bonds is 6. The van der Waals surface area contributed by atoms with E-state index in [1.165, 1.54) is 12.1 Å². The zero-order chi connectivity index (χ0) is 16.0. The van der Waals surface area contributed by atoms with Crippen molar-refractivity contribution in [3.05, 3.63) is 29.3 Å². The van der Waals surface area contributed by atoms with E-state index in [9.17, 15) is 22.8 Å². The van der Waals surface area contributed by atoms with Crippen molar-refractivity contribution >= 4 is 35.1 Å². The van der Waals surface area contributed by atoms with Crippen molar-refractivity contribution in [1.29, 1.82) is 0 Å². The summed E-state index contributed by atoms with van der Waals surface area (Å²) in [6.07, 6.45) is -0.218. The quantitative estimate of drug-likeness (QED) is 0.448. The highest BCUT2D eigenvalue weighted by Gasteiger charge is 2.29. The van der Waals surface area contributed by atoms with Crippen molar-refractivity contribution in [2.75, 3.05) is 12.5 Å². The number of carbonyl (C=O) groups is 2. The predicted octanol–water partition coefficient (Wildman–Crippen LogP) is 3.83. The maximum Gasteiger partial charge on any atom is 0.446 e. The fraction of sp³-hybridized carbons (Fsp3) is 0.385. The number of alkyl halides is 4. The zero-order valence-electron chi connectivity index (χ0n) is 11.0. The molecule has 21 heavy (non-hydrogen) atoms. The van der Waals surface area contributed by atoms with Crippen LogP contribution in [0.3, 0.4) is 0 Å². The first kappa shape index (κ1) is 17.8. The summed E-state index contributed by atoms with van der Waals surface area (Å²) < 4.78 is 41.9. The van der Waals surface area contributed by atoms with Crippen LogP contribution in [0.15, 0.2) is 23.1 Å². The maximum absolute atomic E-state index is 12.4. The molecule has 0 aliphatic carbocycles. The van der Waals surface area contributed by atoms with Crippen molar-refractivity contribution in [1.82, 2.24) is 0 Å². The Morgan fingerprint density at radius 1 is 1.33 bits per heavy atom. The number of halogens is 4. The van der Waals surface area contributed by atoms with Gasteiger partial charge in [0.15, 0.2) is 5.78 Å². The zero-order valence-corrected chi connectivity index (χ0v) is 12.6. The third kappa shape index (κ3) is 5.97. The molecule has 0 atom stereocenters. The molecule has 0 radical (unpaired) electrons. The number of carbonyl (C=O) groups excluding carboxylic acids is 2. The Kier molecular flexibility index (Phi) is 6.54. The number of benzene rings is 1. The highest BCUT2D eigenvalue weighted by Crippen LogP contribution is 2.37. The van der Waals surface area contributed by atoms with Gasteiger partial charge < -0.3 is 4.74 Å². The molecule has 1 rings (SSSR count). The van der Waals surface area contributed by atoms with Crippen molar-refractivity contribution in [2.24, 2.45) is 0 Å². The van der Waals surface area contributed by atoms with Crippen LogP contribution in [0.1, 0.15) is 22.8 Å². The van der Waals surface area contributed by atoms with E-state index in [2.05, 4.69) is 0 Å². The number of ether oxygens (including phenoxy) is 1. The third-order valence-corrected chi connectivity index (χ3v) is 3.36. The van der Waals surface area contributed by atoms with Crippen LogP contribution in [-0.4, -0.2) is 29.7 Å². The van der Waals surface area contributed by atoms with E-state index in [-0.39, 0.29) is 46.7 Å². The van der Waals surface area contributed by atoms with Crippen molar-refractivity contribution in [3.63, 3.8) is 0 Å². The van der Waals surface area contributed by atoms with Gasteiger partial charge in [0.1, 0.15) is 0 Å². The molecular formula is C13H12ClF3O3S. The van der Waals surface area contributed by atoms with Crippen molar-refractivity contribution in [2.45, 2.75) is 23.7 Å². The fourth-order valence-corrected chi connectivity index (χ4v) is 2.28. The van der Waals surface area contributed by atoms with Crippen LogP contribution in [0.5, 0.6) is 0 Å². The van der Waals surface area contributed by atoms with Gasteiger partial charge in [-0.2, -0.15) is 13.2 Å². The summed E-state index contributed by atoms with van der Waals surface area (Å²) in [6.45, 7) is 1.73. The van der Waals surface area contributed by atoms with Gasteiger partial charge >= 0.3 is 11.5 Å². The molecule has 1 aromatic carbocycles. The number of Topliss-reactive ketones (excluding diaryl/α,β-unsaturated/α-hetero) is 1. The lowest BCUT2D eigenvalue weighted by Crippen LogP contribution is -2.12. The fourth-order valence-electron chi connectivity index (χ4n) is 1.58. The van der Waals surface area contributed by atoms with Gasteiger partial charge in [0.05, 0.1) is 18.1 Å². The van der Waals surface area contributed by atoms with E-state index >= 15 is 0 Å². The molecule has 0 aliphatic heterocycles. The molecule has 0 spiro atoms. The summed E-state index contributed by atoms with van der Waals surface area (Å²) >= 11 is 5.08. The molecule has 8 heteroatoms. The predicted molar refractivity (Wildman–Crippen MR) is 73.7 cm³/mol. The average molecular weight is 341 g/mol. The SMILES string of the molecule is CCOC(=O)c1ccc(SC(F)(F)F)cc1CC(=O)CCl. The van der Waals surface area contributed by atoms with E-state index in [0.717, 1.165) is 6.07 Å². The van der Waals surface area contributed by atoms with E-state index in [0.29, 0.717) is 0 Å². The van der Waals surface area contributed by atoms with Crippen molar-refractivity contribution < 1.29 is 27.5 Å². The minimum atomic E-state index is -4.45. The minimum absolute atomic E-state index is 0.0711. The second-order valence-electron chi connectivity index (χ2n) is 3.94. The van der Waals surface area contributed by atoms with Crippen LogP contribution >= 0.6 is 23.4 Å². The molecule has 0 N–H and O–H groups in total. The molecule has 1 aromatic rings. The Labute approximate surface area is 128 Å². The monoisotopic (exact) mass is 340 g/mol. The van der Waals surface area contributed by atoms with Gasteiger partial charge in [-0.15, -0.1) is 11.6 Å². The molecule has 116 valence electrons. The minimum Gasteiger partial charge on any atom is -0.462 e. The third-order valence-electron chi connectivity index (χ3n) is 2.34. The van der Waals surface area contributed by atoms with Gasteiger partial charge in [0.2, 0.25) is 0 Å². The maximum atomic E-state index is 12.4.